The second kappa shape index (κ2) is 9.99. The normalized spacial score (nSPS) is 11.1. The molecule has 0 unspecified atom stereocenters. The van der Waals surface area contributed by atoms with Gasteiger partial charge in [-0.1, -0.05) is 6.92 Å². The Kier molecular flexibility index (Phi) is 7.68. The predicted octanol–water partition coefficient (Wildman–Crippen LogP) is 4.83. The number of anilines is 1. The summed E-state index contributed by atoms with van der Waals surface area (Å²) in [4.78, 5) is 26.6. The first kappa shape index (κ1) is 22.3. The van der Waals surface area contributed by atoms with Gasteiger partial charge in [0.25, 0.3) is 11.1 Å². The fourth-order valence-electron chi connectivity index (χ4n) is 2.84. The third-order valence-corrected chi connectivity index (χ3v) is 5.46. The molecule has 0 atom stereocenters. The highest BCUT2D eigenvalue weighted by Crippen LogP contribution is 2.23. The van der Waals surface area contributed by atoms with E-state index in [0.29, 0.717) is 5.69 Å². The number of nitrogens with one attached hydrogen (secondary N) is 1. The van der Waals surface area contributed by atoms with Crippen LogP contribution in [-0.2, 0) is 11.3 Å². The van der Waals surface area contributed by atoms with Crippen molar-refractivity contribution in [1.29, 1.82) is 5.26 Å². The molecule has 0 aliphatic carbocycles. The van der Waals surface area contributed by atoms with Crippen LogP contribution in [0.15, 0.2) is 40.8 Å². The van der Waals surface area contributed by atoms with E-state index in [1.807, 2.05) is 26.0 Å². The van der Waals surface area contributed by atoms with E-state index in [9.17, 15) is 14.9 Å². The molecule has 0 fully saturated rings. The third kappa shape index (κ3) is 5.75. The van der Waals surface area contributed by atoms with Crippen molar-refractivity contribution in [2.75, 3.05) is 19.4 Å². The number of benzene rings is 1. The Morgan fingerprint density at radius 2 is 1.90 bits per heavy atom. The van der Waals surface area contributed by atoms with Gasteiger partial charge in [-0.2, -0.15) is 5.26 Å². The molecular weight excluding hydrogens is 384 g/mol. The Labute approximate surface area is 176 Å². The zero-order valence-electron chi connectivity index (χ0n) is 17.4. The molecule has 29 heavy (non-hydrogen) atoms. The quantitative estimate of drug-likeness (QED) is 0.420. The van der Waals surface area contributed by atoms with Gasteiger partial charge in [0.15, 0.2) is 0 Å². The average molecular weight is 411 g/mol. The molecule has 0 saturated carbocycles. The van der Waals surface area contributed by atoms with Crippen molar-refractivity contribution in [1.82, 2.24) is 9.47 Å². The second-order valence-corrected chi connectivity index (χ2v) is 7.91. The highest BCUT2D eigenvalue weighted by atomic mass is 32.2. The number of amides is 2. The van der Waals surface area contributed by atoms with Crippen molar-refractivity contribution >= 4 is 34.7 Å². The van der Waals surface area contributed by atoms with Crippen LogP contribution in [0.4, 0.5) is 10.5 Å². The molecule has 6 nitrogen and oxygen atoms in total. The van der Waals surface area contributed by atoms with Crippen molar-refractivity contribution in [3.8, 4) is 6.07 Å². The minimum atomic E-state index is -0.461. The summed E-state index contributed by atoms with van der Waals surface area (Å²) in [6.45, 7) is 7.03. The molecule has 2 rings (SSSR count). The Morgan fingerprint density at radius 3 is 2.45 bits per heavy atom. The van der Waals surface area contributed by atoms with Crippen LogP contribution in [0.1, 0.15) is 30.3 Å². The first-order valence-corrected chi connectivity index (χ1v) is 10.2. The number of carbonyl (C=O) groups is 2. The van der Waals surface area contributed by atoms with Gasteiger partial charge < -0.3 is 14.8 Å². The van der Waals surface area contributed by atoms with Crippen LogP contribution in [0, 0.1) is 25.2 Å². The summed E-state index contributed by atoms with van der Waals surface area (Å²) in [5, 5.41) is 12.1. The van der Waals surface area contributed by atoms with Crippen molar-refractivity contribution in [3.63, 3.8) is 0 Å². The number of thioether (sulfide) groups is 1. The summed E-state index contributed by atoms with van der Waals surface area (Å²) in [6, 6.07) is 10.9. The van der Waals surface area contributed by atoms with E-state index in [0.717, 1.165) is 46.6 Å². The molecule has 0 aliphatic heterocycles. The van der Waals surface area contributed by atoms with Crippen LogP contribution in [0.5, 0.6) is 0 Å². The number of hydrogen-bond donors (Lipinski definition) is 1. The molecule has 0 saturated heterocycles. The topological polar surface area (TPSA) is 78.1 Å². The van der Waals surface area contributed by atoms with Gasteiger partial charge in [-0.3, -0.25) is 9.59 Å². The molecule has 7 heteroatoms. The molecular formula is C22H26N4O2S. The number of aryl methyl sites for hydroxylation is 1. The fourth-order valence-corrected chi connectivity index (χ4v) is 3.50. The van der Waals surface area contributed by atoms with Gasteiger partial charge in [0.1, 0.15) is 11.6 Å². The second-order valence-electron chi connectivity index (χ2n) is 6.89. The summed E-state index contributed by atoms with van der Waals surface area (Å²) >= 11 is 1.11. The lowest BCUT2D eigenvalue weighted by Gasteiger charge is -2.10. The zero-order chi connectivity index (χ0) is 21.6. The summed E-state index contributed by atoms with van der Waals surface area (Å²) in [5.74, 6) is -0.461. The van der Waals surface area contributed by atoms with Gasteiger partial charge in [-0.15, -0.1) is 0 Å². The summed E-state index contributed by atoms with van der Waals surface area (Å²) in [6.07, 6.45) is 2.64. The molecule has 2 amide bonds. The highest BCUT2D eigenvalue weighted by Gasteiger charge is 2.13. The number of rotatable bonds is 6. The van der Waals surface area contributed by atoms with Crippen LogP contribution < -0.4 is 5.32 Å². The lowest BCUT2D eigenvalue weighted by Crippen LogP contribution is -2.16. The van der Waals surface area contributed by atoms with E-state index in [1.54, 1.807) is 44.4 Å². The maximum Gasteiger partial charge on any atom is 0.285 e. The van der Waals surface area contributed by atoms with Gasteiger partial charge in [-0.25, -0.2) is 0 Å². The molecule has 1 N–H and O–H groups in total. The average Bonchev–Trinajstić information content (AvgIpc) is 2.95. The molecule has 0 aliphatic rings. The standard InChI is InChI=1S/C22H26N4O2S/c1-6-11-26-15(2)12-17(16(26)3)13-18(14-23)21(27)24-19-7-9-20(10-8-19)29-22(28)25(4)5/h7-10,12-13H,6,11H2,1-5H3,(H,24,27)/b18-13-. The van der Waals surface area contributed by atoms with Crippen molar-refractivity contribution in [2.24, 2.45) is 0 Å². The van der Waals surface area contributed by atoms with Gasteiger partial charge in [0.05, 0.1) is 0 Å². The van der Waals surface area contributed by atoms with E-state index in [2.05, 4.69) is 16.8 Å². The molecule has 0 bridgehead atoms. The maximum atomic E-state index is 12.6. The number of nitriles is 1. The lowest BCUT2D eigenvalue weighted by molar-refractivity contribution is -0.112. The van der Waals surface area contributed by atoms with Crippen molar-refractivity contribution in [2.45, 2.75) is 38.6 Å². The molecule has 1 heterocycles. The lowest BCUT2D eigenvalue weighted by atomic mass is 10.1. The van der Waals surface area contributed by atoms with E-state index in [-0.39, 0.29) is 10.8 Å². The zero-order valence-corrected chi connectivity index (χ0v) is 18.3. The molecule has 0 spiro atoms. The minimum absolute atomic E-state index is 0.0444. The van der Waals surface area contributed by atoms with Crippen molar-refractivity contribution < 1.29 is 9.59 Å². The van der Waals surface area contributed by atoms with E-state index in [1.165, 1.54) is 4.90 Å². The highest BCUT2D eigenvalue weighted by molar-refractivity contribution is 8.13. The van der Waals surface area contributed by atoms with Crippen LogP contribution in [0.3, 0.4) is 0 Å². The molecule has 1 aromatic heterocycles. The molecule has 0 radical (unpaired) electrons. The van der Waals surface area contributed by atoms with Gasteiger partial charge in [0.2, 0.25) is 0 Å². The van der Waals surface area contributed by atoms with Gasteiger partial charge >= 0.3 is 0 Å². The summed E-state index contributed by atoms with van der Waals surface area (Å²) in [5.41, 5.74) is 3.62. The Morgan fingerprint density at radius 1 is 1.24 bits per heavy atom. The Bertz CT molecular complexity index is 966. The van der Waals surface area contributed by atoms with Gasteiger partial charge in [-0.05, 0) is 74.0 Å². The number of nitrogens with zero attached hydrogens (tertiary/aromatic N) is 3. The van der Waals surface area contributed by atoms with E-state index < -0.39 is 5.91 Å². The first-order chi connectivity index (χ1) is 13.8. The minimum Gasteiger partial charge on any atom is -0.349 e. The first-order valence-electron chi connectivity index (χ1n) is 9.35. The van der Waals surface area contributed by atoms with Crippen LogP contribution >= 0.6 is 11.8 Å². The van der Waals surface area contributed by atoms with E-state index in [4.69, 9.17) is 0 Å². The van der Waals surface area contributed by atoms with E-state index >= 15 is 0 Å². The monoisotopic (exact) mass is 410 g/mol. The SMILES string of the molecule is CCCn1c(C)cc(/C=C(/C#N)C(=O)Nc2ccc(SC(=O)N(C)C)cc2)c1C. The van der Waals surface area contributed by atoms with Crippen LogP contribution in [-0.4, -0.2) is 34.7 Å². The maximum absolute atomic E-state index is 12.6. The molecule has 2 aromatic rings. The number of aromatic nitrogens is 1. The van der Waals surface area contributed by atoms with Gasteiger partial charge in [0, 0.05) is 42.6 Å². The Balaban J connectivity index is 2.14. The summed E-state index contributed by atoms with van der Waals surface area (Å²) < 4.78 is 2.18. The predicted molar refractivity (Wildman–Crippen MR) is 118 cm³/mol. The summed E-state index contributed by atoms with van der Waals surface area (Å²) in [7, 11) is 3.39. The number of hydrogen-bond acceptors (Lipinski definition) is 4. The number of carbonyl (C=O) groups excluding carboxylic acids is 2. The fraction of sp³-hybridized carbons (Fsp3) is 0.318. The largest absolute Gasteiger partial charge is 0.349 e. The third-order valence-electron chi connectivity index (χ3n) is 4.41. The van der Waals surface area contributed by atoms with Crippen LogP contribution in [0.25, 0.3) is 6.08 Å². The smallest absolute Gasteiger partial charge is 0.285 e. The molecule has 1 aromatic carbocycles. The Hall–Kier alpha value is -2.98. The van der Waals surface area contributed by atoms with Crippen LogP contribution in [0.2, 0.25) is 0 Å². The molecule has 152 valence electrons. The van der Waals surface area contributed by atoms with Crippen molar-refractivity contribution in [3.05, 3.63) is 52.9 Å².